The Morgan fingerprint density at radius 1 is 1.06 bits per heavy atom. The summed E-state index contributed by atoms with van der Waals surface area (Å²) in [5.41, 5.74) is -0.371. The molecule has 0 saturated carbocycles. The Morgan fingerprint density at radius 2 is 1.62 bits per heavy atom. The van der Waals surface area contributed by atoms with Crippen molar-refractivity contribution in [3.8, 4) is 0 Å². The summed E-state index contributed by atoms with van der Waals surface area (Å²) in [7, 11) is 0. The topological polar surface area (TPSA) is 54.4 Å². The predicted molar refractivity (Wildman–Crippen MR) is 59.5 cm³/mol. The normalized spacial score (nSPS) is 15.8. The van der Waals surface area contributed by atoms with E-state index < -0.39 is 5.60 Å². The molecule has 1 N–H and O–H groups in total. The lowest BCUT2D eigenvalue weighted by molar-refractivity contribution is 0.0838. The molecule has 2 rings (SSSR count). The van der Waals surface area contributed by atoms with Crippen LogP contribution in [0.1, 0.15) is 34.6 Å². The van der Waals surface area contributed by atoms with Gasteiger partial charge in [0.15, 0.2) is 11.6 Å². The molecular formula is C13H12O3. The molecule has 0 radical (unpaired) electrons. The highest BCUT2D eigenvalue weighted by atomic mass is 16.3. The minimum Gasteiger partial charge on any atom is -0.386 e. The lowest BCUT2D eigenvalue weighted by Crippen LogP contribution is -2.31. The summed E-state index contributed by atoms with van der Waals surface area (Å²) in [5.74, 6) is -0.505. The van der Waals surface area contributed by atoms with Gasteiger partial charge in [0, 0.05) is 16.7 Å². The summed E-state index contributed by atoms with van der Waals surface area (Å²) in [6.45, 7) is 3.00. The zero-order valence-corrected chi connectivity index (χ0v) is 9.15. The molecule has 0 saturated heterocycles. The molecule has 0 atom stereocenters. The fourth-order valence-electron chi connectivity index (χ4n) is 1.77. The second kappa shape index (κ2) is 3.39. The number of ketones is 2. The van der Waals surface area contributed by atoms with Gasteiger partial charge < -0.3 is 5.11 Å². The molecule has 0 fully saturated rings. The van der Waals surface area contributed by atoms with Crippen molar-refractivity contribution >= 4 is 11.6 Å². The molecular weight excluding hydrogens is 204 g/mol. The van der Waals surface area contributed by atoms with Crippen LogP contribution in [-0.4, -0.2) is 22.3 Å². The molecule has 0 spiro atoms. The third-order valence-corrected chi connectivity index (χ3v) is 2.62. The molecule has 1 aliphatic rings. The molecule has 1 aromatic rings. The monoisotopic (exact) mass is 216 g/mol. The van der Waals surface area contributed by atoms with Crippen LogP contribution in [0.4, 0.5) is 0 Å². The van der Waals surface area contributed by atoms with Crippen molar-refractivity contribution < 1.29 is 14.7 Å². The van der Waals surface area contributed by atoms with Gasteiger partial charge in [-0.05, 0) is 19.9 Å². The number of hydrogen-bond donors (Lipinski definition) is 1. The highest BCUT2D eigenvalue weighted by molar-refractivity contribution is 6.25. The van der Waals surface area contributed by atoms with Gasteiger partial charge in [0.05, 0.1) is 5.60 Å². The zero-order valence-electron chi connectivity index (χ0n) is 9.15. The molecule has 0 aliphatic heterocycles. The number of hydrogen-bond acceptors (Lipinski definition) is 3. The SMILES string of the molecule is CC(C)(O)C1=CC(=O)c2ccccc2C1=O. The van der Waals surface area contributed by atoms with Crippen molar-refractivity contribution in [3.05, 3.63) is 47.0 Å². The molecule has 0 bridgehead atoms. The van der Waals surface area contributed by atoms with E-state index in [1.54, 1.807) is 24.3 Å². The van der Waals surface area contributed by atoms with Crippen LogP contribution >= 0.6 is 0 Å². The third-order valence-electron chi connectivity index (χ3n) is 2.62. The van der Waals surface area contributed by atoms with Crippen LogP contribution < -0.4 is 0 Å². The maximum absolute atomic E-state index is 12.0. The lowest BCUT2D eigenvalue weighted by Gasteiger charge is -2.24. The van der Waals surface area contributed by atoms with Gasteiger partial charge in [0.25, 0.3) is 0 Å². The van der Waals surface area contributed by atoms with E-state index in [0.29, 0.717) is 11.1 Å². The van der Waals surface area contributed by atoms with Gasteiger partial charge in [-0.3, -0.25) is 9.59 Å². The lowest BCUT2D eigenvalue weighted by atomic mass is 9.83. The fraction of sp³-hybridized carbons (Fsp3) is 0.231. The van der Waals surface area contributed by atoms with Crippen molar-refractivity contribution in [3.63, 3.8) is 0 Å². The zero-order chi connectivity index (χ0) is 11.9. The van der Waals surface area contributed by atoms with Crippen molar-refractivity contribution in [2.45, 2.75) is 19.4 Å². The summed E-state index contributed by atoms with van der Waals surface area (Å²) < 4.78 is 0. The first-order chi connectivity index (χ1) is 7.41. The molecule has 0 amide bonds. The fourth-order valence-corrected chi connectivity index (χ4v) is 1.77. The Kier molecular flexibility index (Phi) is 2.28. The van der Waals surface area contributed by atoms with E-state index in [1.165, 1.54) is 19.9 Å². The number of carbonyl (C=O) groups excluding carboxylic acids is 2. The van der Waals surface area contributed by atoms with Crippen LogP contribution in [-0.2, 0) is 0 Å². The van der Waals surface area contributed by atoms with Gasteiger partial charge in [0.2, 0.25) is 0 Å². The summed E-state index contributed by atoms with van der Waals surface area (Å²) in [6, 6.07) is 6.64. The molecule has 1 aliphatic carbocycles. The second-order valence-corrected chi connectivity index (χ2v) is 4.36. The summed E-state index contributed by atoms with van der Waals surface area (Å²) in [4.78, 5) is 23.8. The standard InChI is InChI=1S/C13H12O3/c1-13(2,16)10-7-11(14)8-5-3-4-6-9(8)12(10)15/h3-7,16H,1-2H3. The third kappa shape index (κ3) is 1.59. The number of allylic oxidation sites excluding steroid dienone is 1. The summed E-state index contributed by atoms with van der Waals surface area (Å²) >= 11 is 0. The Labute approximate surface area is 93.4 Å². The van der Waals surface area contributed by atoms with E-state index in [2.05, 4.69) is 0 Å². The van der Waals surface area contributed by atoms with Gasteiger partial charge in [0.1, 0.15) is 0 Å². The largest absolute Gasteiger partial charge is 0.386 e. The van der Waals surface area contributed by atoms with Gasteiger partial charge in [-0.25, -0.2) is 0 Å². The van der Waals surface area contributed by atoms with E-state index in [0.717, 1.165) is 0 Å². The minimum absolute atomic E-state index is 0.149. The predicted octanol–water partition coefficient (Wildman–Crippen LogP) is 1.76. The molecule has 82 valence electrons. The van der Waals surface area contributed by atoms with Crippen LogP contribution in [0.2, 0.25) is 0 Å². The number of carbonyl (C=O) groups is 2. The first kappa shape index (κ1) is 10.8. The Hall–Kier alpha value is -1.74. The molecule has 3 nitrogen and oxygen atoms in total. The van der Waals surface area contributed by atoms with E-state index in [-0.39, 0.29) is 17.1 Å². The van der Waals surface area contributed by atoms with E-state index in [4.69, 9.17) is 0 Å². The molecule has 0 aromatic heterocycles. The Bertz CT molecular complexity index is 504. The van der Waals surface area contributed by atoms with Crippen molar-refractivity contribution in [1.82, 2.24) is 0 Å². The molecule has 0 heterocycles. The Balaban J connectivity index is 2.61. The van der Waals surface area contributed by atoms with Crippen LogP contribution in [0.3, 0.4) is 0 Å². The number of benzene rings is 1. The number of aliphatic hydroxyl groups is 1. The Morgan fingerprint density at radius 3 is 2.19 bits per heavy atom. The van der Waals surface area contributed by atoms with Gasteiger partial charge >= 0.3 is 0 Å². The molecule has 0 unspecified atom stereocenters. The van der Waals surface area contributed by atoms with E-state index in [9.17, 15) is 14.7 Å². The van der Waals surface area contributed by atoms with Gasteiger partial charge in [-0.2, -0.15) is 0 Å². The van der Waals surface area contributed by atoms with E-state index in [1.807, 2.05) is 0 Å². The smallest absolute Gasteiger partial charge is 0.192 e. The molecule has 1 aromatic carbocycles. The quantitative estimate of drug-likeness (QED) is 0.778. The number of rotatable bonds is 1. The second-order valence-electron chi connectivity index (χ2n) is 4.36. The van der Waals surface area contributed by atoms with Gasteiger partial charge in [-0.1, -0.05) is 24.3 Å². The van der Waals surface area contributed by atoms with Crippen molar-refractivity contribution in [2.75, 3.05) is 0 Å². The van der Waals surface area contributed by atoms with E-state index >= 15 is 0 Å². The number of Topliss-reactive ketones (excluding diaryl/α,β-unsaturated/α-hetero) is 1. The summed E-state index contributed by atoms with van der Waals surface area (Å²) in [5, 5.41) is 9.81. The minimum atomic E-state index is -1.29. The highest BCUT2D eigenvalue weighted by Crippen LogP contribution is 2.27. The average Bonchev–Trinajstić information content (AvgIpc) is 2.22. The first-order valence-electron chi connectivity index (χ1n) is 5.04. The number of fused-ring (bicyclic) bond motifs is 1. The van der Waals surface area contributed by atoms with Crippen LogP contribution in [0.15, 0.2) is 35.9 Å². The molecule has 16 heavy (non-hydrogen) atoms. The van der Waals surface area contributed by atoms with Gasteiger partial charge in [-0.15, -0.1) is 0 Å². The van der Waals surface area contributed by atoms with Crippen LogP contribution in [0, 0.1) is 0 Å². The first-order valence-corrected chi connectivity index (χ1v) is 5.04. The highest BCUT2D eigenvalue weighted by Gasteiger charge is 2.33. The average molecular weight is 216 g/mol. The van der Waals surface area contributed by atoms with Crippen LogP contribution in [0.25, 0.3) is 0 Å². The van der Waals surface area contributed by atoms with Crippen molar-refractivity contribution in [2.24, 2.45) is 0 Å². The van der Waals surface area contributed by atoms with Crippen molar-refractivity contribution in [1.29, 1.82) is 0 Å². The summed E-state index contributed by atoms with van der Waals surface area (Å²) in [6.07, 6.45) is 1.23. The maximum Gasteiger partial charge on any atom is 0.192 e. The van der Waals surface area contributed by atoms with Crippen LogP contribution in [0.5, 0.6) is 0 Å². The molecule has 3 heteroatoms. The maximum atomic E-state index is 12.0.